The van der Waals surface area contributed by atoms with E-state index in [9.17, 15) is 18.0 Å². The number of hydrogen-bond acceptors (Lipinski definition) is 6. The van der Waals surface area contributed by atoms with Crippen molar-refractivity contribution in [3.05, 3.63) is 59.0 Å². The van der Waals surface area contributed by atoms with E-state index in [0.29, 0.717) is 29.0 Å². The number of thiophene rings is 1. The Balaban J connectivity index is 1.85. The number of nitrogens with one attached hydrogen (secondary N) is 1. The van der Waals surface area contributed by atoms with Crippen LogP contribution in [0.5, 0.6) is 0 Å². The molecule has 9 heteroatoms. The first-order chi connectivity index (χ1) is 13.3. The highest BCUT2D eigenvalue weighted by Gasteiger charge is 2.30. The Kier molecular flexibility index (Phi) is 6.26. The monoisotopic (exact) mass is 436 g/mol. The second-order valence-corrected chi connectivity index (χ2v) is 10.5. The number of fused-ring (bicyclic) bond motifs is 1. The van der Waals surface area contributed by atoms with Gasteiger partial charge in [0.2, 0.25) is 5.91 Å². The normalized spacial score (nSPS) is 16.3. The third kappa shape index (κ3) is 4.48. The molecule has 1 N–H and O–H groups in total. The van der Waals surface area contributed by atoms with Gasteiger partial charge in [0.1, 0.15) is 4.21 Å². The maximum absolute atomic E-state index is 12.8. The minimum atomic E-state index is -3.73. The summed E-state index contributed by atoms with van der Waals surface area (Å²) in [5, 5.41) is 1.15. The minimum absolute atomic E-state index is 0.0150. The highest BCUT2D eigenvalue weighted by atomic mass is 32.2. The SMILES string of the molecule is CN(C)C(=O)CCSC1C=C(NS(=O)(=O)c2cccs2)c2ccccc2C1=O. The molecule has 1 aromatic heterocycles. The largest absolute Gasteiger partial charge is 0.349 e. The van der Waals surface area contributed by atoms with E-state index < -0.39 is 15.3 Å². The summed E-state index contributed by atoms with van der Waals surface area (Å²) in [6.07, 6.45) is 1.95. The number of carbonyl (C=O) groups is 2. The molecule has 1 aliphatic carbocycles. The van der Waals surface area contributed by atoms with Gasteiger partial charge in [-0.1, -0.05) is 30.3 Å². The molecule has 0 spiro atoms. The van der Waals surface area contributed by atoms with E-state index in [1.54, 1.807) is 55.9 Å². The number of sulfonamides is 1. The molecule has 0 bridgehead atoms. The summed E-state index contributed by atoms with van der Waals surface area (Å²) in [4.78, 5) is 26.1. The summed E-state index contributed by atoms with van der Waals surface area (Å²) in [5.41, 5.74) is 1.43. The Bertz CT molecular complexity index is 1010. The molecule has 28 heavy (non-hydrogen) atoms. The molecule has 0 fully saturated rings. The molecule has 0 radical (unpaired) electrons. The summed E-state index contributed by atoms with van der Waals surface area (Å²) in [6, 6.07) is 10.2. The first kappa shape index (κ1) is 20.6. The Morgan fingerprint density at radius 1 is 1.18 bits per heavy atom. The standard InChI is InChI=1S/C19H20N2O4S3/c1-21(2)17(22)9-11-26-16-12-15(13-6-3-4-7-14(13)19(16)23)20-28(24,25)18-8-5-10-27-18/h3-8,10,12,16,20H,9,11H2,1-2H3. The van der Waals surface area contributed by atoms with Crippen LogP contribution in [-0.2, 0) is 14.8 Å². The molecule has 148 valence electrons. The average Bonchev–Trinajstić information content (AvgIpc) is 3.20. The van der Waals surface area contributed by atoms with Crippen LogP contribution in [0.3, 0.4) is 0 Å². The summed E-state index contributed by atoms with van der Waals surface area (Å²) in [6.45, 7) is 0. The van der Waals surface area contributed by atoms with Crippen molar-refractivity contribution in [1.82, 2.24) is 9.62 Å². The van der Waals surface area contributed by atoms with Gasteiger partial charge in [-0.3, -0.25) is 14.3 Å². The lowest BCUT2D eigenvalue weighted by Crippen LogP contribution is -2.29. The Morgan fingerprint density at radius 2 is 1.89 bits per heavy atom. The number of ketones is 1. The zero-order chi connectivity index (χ0) is 20.3. The quantitative estimate of drug-likeness (QED) is 0.722. The topological polar surface area (TPSA) is 83.6 Å². The number of amides is 1. The molecule has 1 aromatic carbocycles. The number of rotatable bonds is 7. The van der Waals surface area contributed by atoms with Crippen LogP contribution in [0.4, 0.5) is 0 Å². The fraction of sp³-hybridized carbons (Fsp3) is 0.263. The van der Waals surface area contributed by atoms with Crippen molar-refractivity contribution in [3.8, 4) is 0 Å². The van der Waals surface area contributed by atoms with Crippen LogP contribution < -0.4 is 4.72 Å². The van der Waals surface area contributed by atoms with E-state index in [0.717, 1.165) is 11.3 Å². The lowest BCUT2D eigenvalue weighted by Gasteiger charge is -2.23. The zero-order valence-corrected chi connectivity index (χ0v) is 17.9. The van der Waals surface area contributed by atoms with Gasteiger partial charge in [0, 0.05) is 37.4 Å². The van der Waals surface area contributed by atoms with E-state index in [1.807, 2.05) is 0 Å². The van der Waals surface area contributed by atoms with Crippen LogP contribution in [0.1, 0.15) is 22.3 Å². The number of benzene rings is 1. The van der Waals surface area contributed by atoms with Crippen LogP contribution >= 0.6 is 23.1 Å². The molecule has 0 aliphatic heterocycles. The summed E-state index contributed by atoms with van der Waals surface area (Å²) in [7, 11) is -0.353. The van der Waals surface area contributed by atoms with Crippen molar-refractivity contribution in [3.63, 3.8) is 0 Å². The van der Waals surface area contributed by atoms with E-state index in [-0.39, 0.29) is 15.9 Å². The third-order valence-electron chi connectivity index (χ3n) is 4.18. The third-order valence-corrected chi connectivity index (χ3v) is 8.09. The van der Waals surface area contributed by atoms with Gasteiger partial charge < -0.3 is 4.90 Å². The molecular formula is C19H20N2O4S3. The molecule has 1 heterocycles. The first-order valence-corrected chi connectivity index (χ1v) is 11.9. The van der Waals surface area contributed by atoms with Gasteiger partial charge in [-0.2, -0.15) is 0 Å². The minimum Gasteiger partial charge on any atom is -0.349 e. The van der Waals surface area contributed by atoms with Gasteiger partial charge in [-0.05, 0) is 17.5 Å². The second-order valence-electron chi connectivity index (χ2n) is 6.36. The molecule has 1 atom stereocenters. The van der Waals surface area contributed by atoms with Gasteiger partial charge in [-0.15, -0.1) is 23.1 Å². The van der Waals surface area contributed by atoms with E-state index in [2.05, 4.69) is 4.72 Å². The van der Waals surface area contributed by atoms with Gasteiger partial charge in [0.15, 0.2) is 5.78 Å². The number of Topliss-reactive ketones (excluding diaryl/α,β-unsaturated/α-hetero) is 1. The molecule has 0 saturated carbocycles. The van der Waals surface area contributed by atoms with Crippen LogP contribution in [0, 0.1) is 0 Å². The van der Waals surface area contributed by atoms with Crippen molar-refractivity contribution in [2.75, 3.05) is 19.8 Å². The number of nitrogens with zero attached hydrogens (tertiary/aromatic N) is 1. The van der Waals surface area contributed by atoms with Crippen molar-refractivity contribution < 1.29 is 18.0 Å². The van der Waals surface area contributed by atoms with Crippen molar-refractivity contribution >= 4 is 50.5 Å². The van der Waals surface area contributed by atoms with Crippen molar-refractivity contribution in [2.45, 2.75) is 15.9 Å². The van der Waals surface area contributed by atoms with Gasteiger partial charge in [-0.25, -0.2) is 8.42 Å². The number of hydrogen-bond donors (Lipinski definition) is 1. The lowest BCUT2D eigenvalue weighted by molar-refractivity contribution is -0.128. The maximum atomic E-state index is 12.8. The van der Waals surface area contributed by atoms with Crippen LogP contribution in [0.2, 0.25) is 0 Å². The van der Waals surface area contributed by atoms with Crippen molar-refractivity contribution in [2.24, 2.45) is 0 Å². The van der Waals surface area contributed by atoms with Crippen LogP contribution in [0.25, 0.3) is 5.70 Å². The van der Waals surface area contributed by atoms with E-state index in [1.165, 1.54) is 22.7 Å². The fourth-order valence-electron chi connectivity index (χ4n) is 2.72. The molecule has 6 nitrogen and oxygen atoms in total. The fourth-order valence-corrected chi connectivity index (χ4v) is 5.85. The molecule has 3 rings (SSSR count). The first-order valence-electron chi connectivity index (χ1n) is 8.53. The van der Waals surface area contributed by atoms with E-state index >= 15 is 0 Å². The molecule has 1 amide bonds. The molecular weight excluding hydrogens is 416 g/mol. The van der Waals surface area contributed by atoms with Crippen LogP contribution in [-0.4, -0.2) is 50.1 Å². The number of carbonyl (C=O) groups excluding carboxylic acids is 2. The van der Waals surface area contributed by atoms with Gasteiger partial charge in [0.05, 0.1) is 10.9 Å². The predicted molar refractivity (Wildman–Crippen MR) is 113 cm³/mol. The maximum Gasteiger partial charge on any atom is 0.271 e. The second kappa shape index (κ2) is 8.50. The molecule has 1 unspecified atom stereocenters. The number of thioether (sulfide) groups is 1. The molecule has 1 aliphatic rings. The zero-order valence-electron chi connectivity index (χ0n) is 15.4. The summed E-state index contributed by atoms with van der Waals surface area (Å²) >= 11 is 2.47. The lowest BCUT2D eigenvalue weighted by atomic mass is 9.94. The molecule has 2 aromatic rings. The van der Waals surface area contributed by atoms with Crippen molar-refractivity contribution in [1.29, 1.82) is 0 Å². The Labute approximate surface area is 172 Å². The predicted octanol–water partition coefficient (Wildman–Crippen LogP) is 2.84. The smallest absolute Gasteiger partial charge is 0.271 e. The molecule has 0 saturated heterocycles. The highest BCUT2D eigenvalue weighted by Crippen LogP contribution is 2.32. The average molecular weight is 437 g/mol. The Morgan fingerprint density at radius 3 is 2.54 bits per heavy atom. The Hall–Kier alpha value is -2.10. The summed E-state index contributed by atoms with van der Waals surface area (Å²) in [5.74, 6) is 0.368. The van der Waals surface area contributed by atoms with E-state index in [4.69, 9.17) is 0 Å². The highest BCUT2D eigenvalue weighted by molar-refractivity contribution is 8.00. The van der Waals surface area contributed by atoms with Gasteiger partial charge >= 0.3 is 0 Å². The van der Waals surface area contributed by atoms with Gasteiger partial charge in [0.25, 0.3) is 10.0 Å². The summed E-state index contributed by atoms with van der Waals surface area (Å²) < 4.78 is 28.1. The van der Waals surface area contributed by atoms with Crippen LogP contribution in [0.15, 0.2) is 52.1 Å².